The Morgan fingerprint density at radius 1 is 1.15 bits per heavy atom. The molecule has 0 spiro atoms. The largest absolute Gasteiger partial charge is 0.394 e. The summed E-state index contributed by atoms with van der Waals surface area (Å²) in [7, 11) is 0. The Morgan fingerprint density at radius 2 is 1.93 bits per heavy atom. The van der Waals surface area contributed by atoms with Crippen LogP contribution in [0.25, 0.3) is 11.2 Å². The molecule has 3 heterocycles. The fraction of sp³-hybridized carbons (Fsp3) is 0.353. The van der Waals surface area contributed by atoms with Crippen molar-refractivity contribution in [1.82, 2.24) is 19.5 Å². The molecule has 0 saturated carbocycles. The van der Waals surface area contributed by atoms with Gasteiger partial charge in [-0.25, -0.2) is 9.97 Å². The van der Waals surface area contributed by atoms with Crippen LogP contribution in [0.4, 0.5) is 5.95 Å². The number of anilines is 1. The summed E-state index contributed by atoms with van der Waals surface area (Å²) in [5.41, 5.74) is 7.93. The highest BCUT2D eigenvalue weighted by molar-refractivity contribution is 7.98. The zero-order chi connectivity index (χ0) is 19.0. The maximum absolute atomic E-state index is 10.3. The summed E-state index contributed by atoms with van der Waals surface area (Å²) < 4.78 is 7.07. The van der Waals surface area contributed by atoms with E-state index in [1.807, 2.05) is 30.3 Å². The van der Waals surface area contributed by atoms with Crippen LogP contribution in [0.15, 0.2) is 41.7 Å². The van der Waals surface area contributed by atoms with Crippen molar-refractivity contribution in [2.75, 3.05) is 12.3 Å². The number of hydrogen-bond donors (Lipinski definition) is 4. The number of ether oxygens (including phenoxy) is 1. The number of thioether (sulfide) groups is 1. The molecule has 4 atom stereocenters. The van der Waals surface area contributed by atoms with Crippen molar-refractivity contribution >= 4 is 28.9 Å². The van der Waals surface area contributed by atoms with Gasteiger partial charge in [0.2, 0.25) is 5.95 Å². The Morgan fingerprint density at radius 3 is 2.63 bits per heavy atom. The Labute approximate surface area is 158 Å². The van der Waals surface area contributed by atoms with E-state index >= 15 is 0 Å². The molecular weight excluding hydrogens is 370 g/mol. The molecule has 142 valence electrons. The molecule has 9 nitrogen and oxygen atoms in total. The molecule has 0 unspecified atom stereocenters. The molecule has 0 radical (unpaired) electrons. The van der Waals surface area contributed by atoms with Gasteiger partial charge in [0.15, 0.2) is 11.9 Å². The number of fused-ring (bicyclic) bond motifs is 1. The van der Waals surface area contributed by atoms with Gasteiger partial charge in [0, 0.05) is 5.75 Å². The highest BCUT2D eigenvalue weighted by Crippen LogP contribution is 2.34. The van der Waals surface area contributed by atoms with Gasteiger partial charge in [0.05, 0.1) is 12.9 Å². The van der Waals surface area contributed by atoms with Gasteiger partial charge in [-0.2, -0.15) is 4.98 Å². The number of nitrogens with two attached hydrogens (primary N) is 1. The van der Waals surface area contributed by atoms with Gasteiger partial charge in [0.25, 0.3) is 0 Å². The van der Waals surface area contributed by atoms with Crippen molar-refractivity contribution in [3.63, 3.8) is 0 Å². The van der Waals surface area contributed by atoms with E-state index < -0.39 is 31.1 Å². The second-order valence-corrected chi connectivity index (χ2v) is 7.18. The lowest BCUT2D eigenvalue weighted by molar-refractivity contribution is -0.0511. The lowest BCUT2D eigenvalue weighted by Gasteiger charge is -2.16. The summed E-state index contributed by atoms with van der Waals surface area (Å²) in [6.07, 6.45) is -2.78. The molecule has 1 saturated heterocycles. The number of imidazole rings is 1. The third-order valence-corrected chi connectivity index (χ3v) is 5.45. The molecule has 0 amide bonds. The van der Waals surface area contributed by atoms with E-state index in [1.165, 1.54) is 22.7 Å². The van der Waals surface area contributed by atoms with Gasteiger partial charge >= 0.3 is 0 Å². The smallest absolute Gasteiger partial charge is 0.223 e. The molecule has 10 heteroatoms. The van der Waals surface area contributed by atoms with Crippen LogP contribution in [0.2, 0.25) is 0 Å². The van der Waals surface area contributed by atoms with E-state index in [2.05, 4.69) is 15.0 Å². The molecule has 27 heavy (non-hydrogen) atoms. The molecular formula is C17H19N5O4S. The van der Waals surface area contributed by atoms with Gasteiger partial charge in [-0.3, -0.25) is 4.57 Å². The first-order valence-corrected chi connectivity index (χ1v) is 9.36. The van der Waals surface area contributed by atoms with E-state index in [4.69, 9.17) is 10.5 Å². The van der Waals surface area contributed by atoms with Gasteiger partial charge in [0.1, 0.15) is 28.9 Å². The van der Waals surface area contributed by atoms with Gasteiger partial charge in [-0.15, -0.1) is 0 Å². The van der Waals surface area contributed by atoms with Crippen molar-refractivity contribution in [3.8, 4) is 0 Å². The monoisotopic (exact) mass is 389 g/mol. The van der Waals surface area contributed by atoms with Crippen molar-refractivity contribution in [3.05, 3.63) is 42.2 Å². The summed E-state index contributed by atoms with van der Waals surface area (Å²) in [6.45, 7) is -0.406. The molecule has 5 N–H and O–H groups in total. The highest BCUT2D eigenvalue weighted by Gasteiger charge is 2.44. The van der Waals surface area contributed by atoms with Crippen LogP contribution in [-0.2, 0) is 10.5 Å². The Bertz CT molecular complexity index is 938. The lowest BCUT2D eigenvalue weighted by Crippen LogP contribution is -2.33. The highest BCUT2D eigenvalue weighted by atomic mass is 32.2. The second-order valence-electron chi connectivity index (χ2n) is 6.21. The molecule has 1 aliphatic heterocycles. The first kappa shape index (κ1) is 18.1. The molecule has 1 aromatic carbocycles. The molecule has 2 aromatic heterocycles. The Kier molecular flexibility index (Phi) is 4.98. The van der Waals surface area contributed by atoms with Crippen molar-refractivity contribution < 1.29 is 20.1 Å². The van der Waals surface area contributed by atoms with Crippen LogP contribution in [0, 0.1) is 0 Å². The number of nitrogens with zero attached hydrogens (tertiary/aromatic N) is 4. The van der Waals surface area contributed by atoms with Crippen LogP contribution in [0.1, 0.15) is 11.8 Å². The van der Waals surface area contributed by atoms with E-state index in [-0.39, 0.29) is 5.95 Å². The minimum atomic E-state index is -1.23. The summed E-state index contributed by atoms with van der Waals surface area (Å²) in [4.78, 5) is 12.9. The van der Waals surface area contributed by atoms with Gasteiger partial charge < -0.3 is 25.8 Å². The van der Waals surface area contributed by atoms with Crippen LogP contribution < -0.4 is 5.73 Å². The number of rotatable bonds is 5. The number of aliphatic hydroxyl groups is 3. The van der Waals surface area contributed by atoms with E-state index in [0.717, 1.165) is 5.56 Å². The maximum Gasteiger partial charge on any atom is 0.223 e. The number of aliphatic hydroxyl groups excluding tert-OH is 3. The first-order valence-electron chi connectivity index (χ1n) is 8.37. The second kappa shape index (κ2) is 7.41. The minimum Gasteiger partial charge on any atom is -0.394 e. The maximum atomic E-state index is 10.3. The first-order chi connectivity index (χ1) is 13.1. The van der Waals surface area contributed by atoms with Crippen LogP contribution in [0.5, 0.6) is 0 Å². The zero-order valence-corrected chi connectivity index (χ0v) is 15.0. The standard InChI is InChI=1S/C17H19N5O4S/c18-17-20-14-11(15(21-17)27-7-9-4-2-1-3-5-9)19-8-22(14)16-13(25)12(24)10(6-23)26-16/h1-5,8,10,12-13,16,23-25H,6-7H2,(H2,18,20,21)/t10-,12+,13-,16-/m0/s1. The number of aromatic nitrogens is 4. The third kappa shape index (κ3) is 3.37. The van der Waals surface area contributed by atoms with Crippen molar-refractivity contribution in [2.24, 2.45) is 0 Å². The molecule has 3 aromatic rings. The molecule has 1 fully saturated rings. The SMILES string of the molecule is Nc1nc(SCc2ccccc2)c2ncn([C@H]3O[C@@H](CO)[C@@H](O)[C@@H]3O)c2n1. The Balaban J connectivity index is 1.66. The summed E-state index contributed by atoms with van der Waals surface area (Å²) in [5.74, 6) is 0.763. The van der Waals surface area contributed by atoms with Gasteiger partial charge in [-0.1, -0.05) is 42.1 Å². The lowest BCUT2D eigenvalue weighted by atomic mass is 10.1. The summed E-state index contributed by atoms with van der Waals surface area (Å²) >= 11 is 1.48. The van der Waals surface area contributed by atoms with Crippen molar-refractivity contribution in [1.29, 1.82) is 0 Å². The van der Waals surface area contributed by atoms with E-state index in [0.29, 0.717) is 21.9 Å². The fourth-order valence-electron chi connectivity index (χ4n) is 3.03. The normalized spacial score (nSPS) is 25.3. The number of nitrogen functional groups attached to an aromatic ring is 1. The third-order valence-electron chi connectivity index (χ3n) is 4.42. The average Bonchev–Trinajstić information content (AvgIpc) is 3.22. The molecule has 4 rings (SSSR count). The van der Waals surface area contributed by atoms with Crippen molar-refractivity contribution in [2.45, 2.75) is 35.3 Å². The summed E-state index contributed by atoms with van der Waals surface area (Å²) in [6, 6.07) is 9.93. The molecule has 0 aliphatic carbocycles. The van der Waals surface area contributed by atoms with Crippen LogP contribution >= 0.6 is 11.8 Å². The quantitative estimate of drug-likeness (QED) is 0.358. The van der Waals surface area contributed by atoms with Gasteiger partial charge in [-0.05, 0) is 5.56 Å². The Hall–Kier alpha value is -2.24. The van der Waals surface area contributed by atoms with E-state index in [1.54, 1.807) is 0 Å². The number of benzene rings is 1. The number of hydrogen-bond acceptors (Lipinski definition) is 9. The van der Waals surface area contributed by atoms with E-state index in [9.17, 15) is 15.3 Å². The molecule has 1 aliphatic rings. The zero-order valence-electron chi connectivity index (χ0n) is 14.2. The fourth-order valence-corrected chi connectivity index (χ4v) is 3.96. The topological polar surface area (TPSA) is 140 Å². The molecule has 0 bridgehead atoms. The summed E-state index contributed by atoms with van der Waals surface area (Å²) in [5, 5.41) is 30.2. The predicted molar refractivity (Wildman–Crippen MR) is 98.7 cm³/mol. The predicted octanol–water partition coefficient (Wildman–Crippen LogP) is 0.312. The minimum absolute atomic E-state index is 0.0755. The van der Waals surface area contributed by atoms with Crippen LogP contribution in [-0.4, -0.2) is 59.8 Å². The van der Waals surface area contributed by atoms with Crippen LogP contribution in [0.3, 0.4) is 0 Å². The average molecular weight is 389 g/mol.